The van der Waals surface area contributed by atoms with Gasteiger partial charge in [-0.3, -0.25) is 4.79 Å². The van der Waals surface area contributed by atoms with Gasteiger partial charge in [0, 0.05) is 32.2 Å². The van der Waals surface area contributed by atoms with Crippen LogP contribution in [0.3, 0.4) is 0 Å². The third-order valence-electron chi connectivity index (χ3n) is 2.62. The van der Waals surface area contributed by atoms with E-state index < -0.39 is 0 Å². The number of phenols is 2. The Morgan fingerprint density at radius 1 is 1.25 bits per heavy atom. The van der Waals surface area contributed by atoms with Gasteiger partial charge in [0.25, 0.3) is 5.91 Å². The maximum atomic E-state index is 12.0. The lowest BCUT2D eigenvalue weighted by Gasteiger charge is -2.27. The van der Waals surface area contributed by atoms with Crippen LogP contribution in [0, 0.1) is 0 Å². The quantitative estimate of drug-likeness (QED) is 0.632. The van der Waals surface area contributed by atoms with E-state index in [1.54, 1.807) is 4.90 Å². The molecule has 1 heterocycles. The predicted molar refractivity (Wildman–Crippen MR) is 58.5 cm³/mol. The summed E-state index contributed by atoms with van der Waals surface area (Å²) in [7, 11) is 0. The molecule has 1 aromatic rings. The van der Waals surface area contributed by atoms with Crippen LogP contribution in [0.25, 0.3) is 0 Å². The standard InChI is InChI=1S/C11H14N2O3/c14-8-1-2-9(10(15)7-8)11(16)13-5-3-12-4-6-13/h1-2,7,12,14-15H,3-6H2. The van der Waals surface area contributed by atoms with Crippen molar-refractivity contribution in [2.45, 2.75) is 0 Å². The number of amides is 1. The Morgan fingerprint density at radius 2 is 1.94 bits per heavy atom. The summed E-state index contributed by atoms with van der Waals surface area (Å²) in [5, 5.41) is 21.9. The number of carbonyl (C=O) groups excluding carboxylic acids is 1. The van der Waals surface area contributed by atoms with Crippen molar-refractivity contribution in [2.75, 3.05) is 26.2 Å². The third kappa shape index (κ3) is 2.09. The highest BCUT2D eigenvalue weighted by Gasteiger charge is 2.20. The average Bonchev–Trinajstić information content (AvgIpc) is 2.29. The molecule has 0 aromatic heterocycles. The predicted octanol–water partition coefficient (Wildman–Crippen LogP) is 0.143. The molecular weight excluding hydrogens is 208 g/mol. The molecule has 1 aliphatic heterocycles. The summed E-state index contributed by atoms with van der Waals surface area (Å²) in [5.41, 5.74) is 0.236. The molecule has 0 aliphatic carbocycles. The Labute approximate surface area is 93.3 Å². The van der Waals surface area contributed by atoms with Crippen molar-refractivity contribution < 1.29 is 15.0 Å². The zero-order valence-electron chi connectivity index (χ0n) is 8.81. The van der Waals surface area contributed by atoms with Crippen molar-refractivity contribution in [3.05, 3.63) is 23.8 Å². The molecule has 0 unspecified atom stereocenters. The summed E-state index contributed by atoms with van der Waals surface area (Å²) in [6.07, 6.45) is 0. The number of rotatable bonds is 1. The third-order valence-corrected chi connectivity index (χ3v) is 2.62. The van der Waals surface area contributed by atoms with Gasteiger partial charge in [0.2, 0.25) is 0 Å². The van der Waals surface area contributed by atoms with Gasteiger partial charge in [-0.1, -0.05) is 0 Å². The van der Waals surface area contributed by atoms with Crippen LogP contribution in [-0.2, 0) is 0 Å². The van der Waals surface area contributed by atoms with Crippen LogP contribution in [-0.4, -0.2) is 47.2 Å². The normalized spacial score (nSPS) is 16.1. The summed E-state index contributed by atoms with van der Waals surface area (Å²) in [6.45, 7) is 2.81. The highest BCUT2D eigenvalue weighted by molar-refractivity contribution is 5.97. The van der Waals surface area contributed by atoms with Crippen molar-refractivity contribution in [1.29, 1.82) is 0 Å². The number of aromatic hydroxyl groups is 2. The van der Waals surface area contributed by atoms with E-state index in [9.17, 15) is 9.90 Å². The van der Waals surface area contributed by atoms with E-state index in [-0.39, 0.29) is 23.0 Å². The summed E-state index contributed by atoms with van der Waals surface area (Å²) in [5.74, 6) is -0.420. The molecule has 5 nitrogen and oxygen atoms in total. The van der Waals surface area contributed by atoms with Gasteiger partial charge in [-0.15, -0.1) is 0 Å². The SMILES string of the molecule is O=C(c1ccc(O)cc1O)N1CCNCC1. The van der Waals surface area contributed by atoms with E-state index in [0.717, 1.165) is 13.1 Å². The molecule has 0 radical (unpaired) electrons. The van der Waals surface area contributed by atoms with E-state index in [4.69, 9.17) is 5.11 Å². The van der Waals surface area contributed by atoms with Gasteiger partial charge >= 0.3 is 0 Å². The van der Waals surface area contributed by atoms with Crippen LogP contribution in [0.5, 0.6) is 11.5 Å². The monoisotopic (exact) mass is 222 g/mol. The second-order valence-corrected chi connectivity index (χ2v) is 3.74. The molecule has 86 valence electrons. The van der Waals surface area contributed by atoms with E-state index in [2.05, 4.69) is 5.32 Å². The van der Waals surface area contributed by atoms with Gasteiger partial charge in [-0.2, -0.15) is 0 Å². The summed E-state index contributed by atoms with van der Waals surface area (Å²) < 4.78 is 0. The minimum atomic E-state index is -0.195. The second kappa shape index (κ2) is 4.40. The molecule has 1 aliphatic rings. The minimum absolute atomic E-state index is 0.0469. The number of hydrogen-bond donors (Lipinski definition) is 3. The summed E-state index contributed by atoms with van der Waals surface area (Å²) >= 11 is 0. The number of piperazine rings is 1. The topological polar surface area (TPSA) is 72.8 Å². The lowest BCUT2D eigenvalue weighted by molar-refractivity contribution is 0.0733. The van der Waals surface area contributed by atoms with Crippen LogP contribution in [0.1, 0.15) is 10.4 Å². The molecule has 2 rings (SSSR count). The highest BCUT2D eigenvalue weighted by atomic mass is 16.3. The van der Waals surface area contributed by atoms with Gasteiger partial charge in [0.05, 0.1) is 5.56 Å². The number of carbonyl (C=O) groups is 1. The van der Waals surface area contributed by atoms with E-state index in [0.29, 0.717) is 13.1 Å². The van der Waals surface area contributed by atoms with Crippen LogP contribution in [0.2, 0.25) is 0 Å². The molecule has 0 atom stereocenters. The molecule has 1 amide bonds. The fraction of sp³-hybridized carbons (Fsp3) is 0.364. The smallest absolute Gasteiger partial charge is 0.257 e. The lowest BCUT2D eigenvalue weighted by atomic mass is 10.1. The molecule has 0 saturated carbocycles. The number of nitrogens with zero attached hydrogens (tertiary/aromatic N) is 1. The summed E-state index contributed by atoms with van der Waals surface area (Å²) in [4.78, 5) is 13.7. The zero-order valence-corrected chi connectivity index (χ0v) is 8.81. The zero-order chi connectivity index (χ0) is 11.5. The summed E-state index contributed by atoms with van der Waals surface area (Å²) in [6, 6.07) is 4.01. The highest BCUT2D eigenvalue weighted by Crippen LogP contribution is 2.23. The molecule has 3 N–H and O–H groups in total. The molecule has 1 aromatic carbocycles. The van der Waals surface area contributed by atoms with Gasteiger partial charge in [-0.05, 0) is 12.1 Å². The van der Waals surface area contributed by atoms with Gasteiger partial charge in [0.15, 0.2) is 0 Å². The first-order valence-electron chi connectivity index (χ1n) is 5.20. The largest absolute Gasteiger partial charge is 0.508 e. The number of phenolic OH excluding ortho intramolecular Hbond substituents is 2. The van der Waals surface area contributed by atoms with Crippen molar-refractivity contribution in [3.8, 4) is 11.5 Å². The molecule has 1 fully saturated rings. The lowest BCUT2D eigenvalue weighted by Crippen LogP contribution is -2.46. The van der Waals surface area contributed by atoms with E-state index in [1.807, 2.05) is 0 Å². The van der Waals surface area contributed by atoms with Crippen molar-refractivity contribution >= 4 is 5.91 Å². The van der Waals surface area contributed by atoms with Gasteiger partial charge in [0.1, 0.15) is 11.5 Å². The van der Waals surface area contributed by atoms with Gasteiger partial charge < -0.3 is 20.4 Å². The fourth-order valence-electron chi connectivity index (χ4n) is 1.74. The Morgan fingerprint density at radius 3 is 2.56 bits per heavy atom. The molecule has 0 spiro atoms. The van der Waals surface area contributed by atoms with E-state index in [1.165, 1.54) is 18.2 Å². The van der Waals surface area contributed by atoms with Crippen molar-refractivity contribution in [1.82, 2.24) is 10.2 Å². The molecule has 1 saturated heterocycles. The van der Waals surface area contributed by atoms with Crippen molar-refractivity contribution in [2.24, 2.45) is 0 Å². The van der Waals surface area contributed by atoms with Crippen molar-refractivity contribution in [3.63, 3.8) is 0 Å². The average molecular weight is 222 g/mol. The van der Waals surface area contributed by atoms with Crippen LogP contribution in [0.15, 0.2) is 18.2 Å². The number of nitrogens with one attached hydrogen (secondary N) is 1. The van der Waals surface area contributed by atoms with Crippen LogP contribution in [0.4, 0.5) is 0 Å². The maximum Gasteiger partial charge on any atom is 0.257 e. The van der Waals surface area contributed by atoms with E-state index >= 15 is 0 Å². The van der Waals surface area contributed by atoms with Crippen LogP contribution < -0.4 is 5.32 Å². The minimum Gasteiger partial charge on any atom is -0.508 e. The first-order valence-corrected chi connectivity index (χ1v) is 5.20. The fourth-order valence-corrected chi connectivity index (χ4v) is 1.74. The Kier molecular flexibility index (Phi) is 2.96. The Hall–Kier alpha value is -1.75. The molecule has 5 heteroatoms. The maximum absolute atomic E-state index is 12.0. The Balaban J connectivity index is 2.19. The molecule has 0 bridgehead atoms. The van der Waals surface area contributed by atoms with Crippen LogP contribution >= 0.6 is 0 Å². The molecular formula is C11H14N2O3. The first kappa shape index (κ1) is 10.8. The number of hydrogen-bond acceptors (Lipinski definition) is 4. The first-order chi connectivity index (χ1) is 7.68. The second-order valence-electron chi connectivity index (χ2n) is 3.74. The molecule has 16 heavy (non-hydrogen) atoms. The number of benzene rings is 1. The van der Waals surface area contributed by atoms with Gasteiger partial charge in [-0.25, -0.2) is 0 Å². The Bertz CT molecular complexity index is 400.